The smallest absolute Gasteiger partial charge is 0.239 e. The van der Waals surface area contributed by atoms with E-state index in [9.17, 15) is 22.4 Å². The van der Waals surface area contributed by atoms with Crippen molar-refractivity contribution in [3.63, 3.8) is 0 Å². The van der Waals surface area contributed by atoms with Crippen molar-refractivity contribution in [1.82, 2.24) is 0 Å². The molecule has 0 aliphatic rings. The molecule has 6 heteroatoms. The summed E-state index contributed by atoms with van der Waals surface area (Å²) in [6, 6.07) is 7.88. The van der Waals surface area contributed by atoms with Gasteiger partial charge >= 0.3 is 0 Å². The van der Waals surface area contributed by atoms with Crippen molar-refractivity contribution in [2.45, 2.75) is 30.1 Å². The molecule has 0 aliphatic carbocycles. The zero-order chi connectivity index (χ0) is 17.9. The lowest BCUT2D eigenvalue weighted by atomic mass is 9.97. The van der Waals surface area contributed by atoms with Gasteiger partial charge in [-0.25, -0.2) is 17.6 Å². The maximum atomic E-state index is 13.3. The highest BCUT2D eigenvalue weighted by Crippen LogP contribution is 2.30. The van der Waals surface area contributed by atoms with E-state index in [0.717, 1.165) is 23.3 Å². The summed E-state index contributed by atoms with van der Waals surface area (Å²) >= 11 is 1.91. The summed E-state index contributed by atoms with van der Waals surface area (Å²) < 4.78 is 50.5. The summed E-state index contributed by atoms with van der Waals surface area (Å²) in [7, 11) is 0. The van der Waals surface area contributed by atoms with Gasteiger partial charge in [0.05, 0.1) is 3.92 Å². The van der Waals surface area contributed by atoms with E-state index in [2.05, 4.69) is 0 Å². The number of rotatable bonds is 6. The van der Waals surface area contributed by atoms with Crippen LogP contribution in [0.1, 0.15) is 37.4 Å². The van der Waals surface area contributed by atoms with Crippen LogP contribution < -0.4 is 0 Å². The number of ketones is 1. The summed E-state index contributed by atoms with van der Waals surface area (Å²) in [5, 5.41) is 0. The fraction of sp³-hybridized carbons (Fsp3) is 0.278. The summed E-state index contributed by atoms with van der Waals surface area (Å²) in [5.41, 5.74) is 2.25. The van der Waals surface area contributed by atoms with Gasteiger partial charge in [-0.15, -0.1) is 0 Å². The van der Waals surface area contributed by atoms with Crippen LogP contribution in [-0.4, -0.2) is 12.2 Å². The van der Waals surface area contributed by atoms with Crippen LogP contribution in [0.5, 0.6) is 0 Å². The third-order valence-corrected chi connectivity index (χ3v) is 4.95. The summed E-state index contributed by atoms with van der Waals surface area (Å²) in [6.07, 6.45) is -2.31. The molecule has 2 rings (SSSR count). The maximum Gasteiger partial charge on any atom is 0.239 e. The fourth-order valence-electron chi connectivity index (χ4n) is 2.42. The van der Waals surface area contributed by atoms with Crippen molar-refractivity contribution in [2.75, 3.05) is 0 Å². The molecule has 0 amide bonds. The Kier molecular flexibility index (Phi) is 6.37. The second-order valence-electron chi connectivity index (χ2n) is 5.50. The molecule has 0 aliphatic heterocycles. The van der Waals surface area contributed by atoms with E-state index >= 15 is 0 Å². The molecule has 0 N–H and O–H groups in total. The first-order valence-electron chi connectivity index (χ1n) is 7.30. The Hall–Kier alpha value is -1.44. The lowest BCUT2D eigenvalue weighted by Crippen LogP contribution is -2.08. The monoisotopic (exact) mass is 450 g/mol. The van der Waals surface area contributed by atoms with Gasteiger partial charge in [-0.1, -0.05) is 40.8 Å². The molecule has 2 aromatic carbocycles. The number of halogens is 5. The quantitative estimate of drug-likeness (QED) is 0.234. The van der Waals surface area contributed by atoms with Gasteiger partial charge in [0.1, 0.15) is 11.6 Å². The average molecular weight is 450 g/mol. The minimum absolute atomic E-state index is 0.0358. The number of hydrogen-bond acceptors (Lipinski definition) is 1. The van der Waals surface area contributed by atoms with Crippen molar-refractivity contribution < 1.29 is 22.4 Å². The zero-order valence-corrected chi connectivity index (χ0v) is 15.0. The van der Waals surface area contributed by atoms with Gasteiger partial charge in [0.25, 0.3) is 0 Å². The van der Waals surface area contributed by atoms with Crippen molar-refractivity contribution in [2.24, 2.45) is 0 Å². The van der Waals surface area contributed by atoms with Crippen molar-refractivity contribution in [3.05, 3.63) is 70.3 Å². The normalized spacial score (nSPS) is 12.5. The molecular formula is C18H15F4IO. The highest BCUT2D eigenvalue weighted by atomic mass is 127. The molecule has 1 atom stereocenters. The highest BCUT2D eigenvalue weighted by molar-refractivity contribution is 14.1. The van der Waals surface area contributed by atoms with E-state index in [1.165, 1.54) is 0 Å². The maximum absolute atomic E-state index is 13.3. The number of alkyl halides is 3. The molecule has 0 saturated heterocycles. The Bertz CT molecular complexity index is 726. The van der Waals surface area contributed by atoms with Gasteiger partial charge in [0, 0.05) is 18.1 Å². The van der Waals surface area contributed by atoms with Crippen LogP contribution in [-0.2, 0) is 6.42 Å². The van der Waals surface area contributed by atoms with Crippen LogP contribution in [0.15, 0.2) is 36.4 Å². The van der Waals surface area contributed by atoms with Gasteiger partial charge in [-0.05, 0) is 42.2 Å². The van der Waals surface area contributed by atoms with Crippen molar-refractivity contribution >= 4 is 28.4 Å². The summed E-state index contributed by atoms with van der Waals surface area (Å²) in [4.78, 5) is 12.4. The number of carbonyl (C=O) groups is 1. The number of hydrogen-bond donors (Lipinski definition) is 0. The Morgan fingerprint density at radius 1 is 1.08 bits per heavy atom. The fourth-order valence-corrected chi connectivity index (χ4v) is 3.16. The topological polar surface area (TPSA) is 17.1 Å². The Morgan fingerprint density at radius 3 is 2.25 bits per heavy atom. The van der Waals surface area contributed by atoms with Gasteiger partial charge in [-0.2, -0.15) is 0 Å². The van der Waals surface area contributed by atoms with E-state index < -0.39 is 27.8 Å². The lowest BCUT2D eigenvalue weighted by molar-refractivity contribution is 0.0993. The van der Waals surface area contributed by atoms with Crippen LogP contribution in [0.25, 0.3) is 0 Å². The molecule has 2 aromatic rings. The molecule has 24 heavy (non-hydrogen) atoms. The van der Waals surface area contributed by atoms with Gasteiger partial charge in [-0.3, -0.25) is 4.79 Å². The average Bonchev–Trinajstić information content (AvgIpc) is 2.51. The molecule has 128 valence electrons. The SMILES string of the molecule is Cc1cc(C(I)C(=O)c2cc(F)cc(F)c2)ccc1CCC(F)F. The first kappa shape index (κ1) is 18.9. The number of Topliss-reactive ketones (excluding diaryl/α,β-unsaturated/α-hetero) is 1. The molecule has 0 fully saturated rings. The Balaban J connectivity index is 2.21. The molecule has 0 heterocycles. The predicted molar refractivity (Wildman–Crippen MR) is 93.0 cm³/mol. The van der Waals surface area contributed by atoms with E-state index in [4.69, 9.17) is 0 Å². The third-order valence-electron chi connectivity index (χ3n) is 3.67. The van der Waals surface area contributed by atoms with Crippen LogP contribution in [0.2, 0.25) is 0 Å². The standard InChI is InChI=1S/C18H15F4IO/c1-10-6-12(3-2-11(10)4-5-16(21)22)17(23)18(24)13-7-14(19)9-15(20)8-13/h2-3,6-9,16-17H,4-5H2,1H3. The van der Waals surface area contributed by atoms with E-state index in [-0.39, 0.29) is 18.4 Å². The first-order valence-corrected chi connectivity index (χ1v) is 8.54. The molecular weight excluding hydrogens is 435 g/mol. The molecule has 0 bridgehead atoms. The van der Waals surface area contributed by atoms with Gasteiger partial charge in [0.2, 0.25) is 6.43 Å². The second kappa shape index (κ2) is 8.09. The number of carbonyl (C=O) groups excluding carboxylic acids is 1. The lowest BCUT2D eigenvalue weighted by Gasteiger charge is -2.13. The molecule has 0 spiro atoms. The predicted octanol–water partition coefficient (Wildman–Crippen LogP) is 5.83. The van der Waals surface area contributed by atoms with Crippen LogP contribution in [0.3, 0.4) is 0 Å². The van der Waals surface area contributed by atoms with Crippen LogP contribution in [0.4, 0.5) is 17.6 Å². The van der Waals surface area contributed by atoms with Crippen molar-refractivity contribution in [3.8, 4) is 0 Å². The largest absolute Gasteiger partial charge is 0.293 e. The van der Waals surface area contributed by atoms with E-state index in [1.807, 2.05) is 22.6 Å². The van der Waals surface area contributed by atoms with Crippen LogP contribution >= 0.6 is 22.6 Å². The molecule has 0 radical (unpaired) electrons. The summed E-state index contributed by atoms with van der Waals surface area (Å²) in [6.45, 7) is 1.79. The molecule has 0 aromatic heterocycles. The van der Waals surface area contributed by atoms with Crippen molar-refractivity contribution in [1.29, 1.82) is 0 Å². The molecule has 1 unspecified atom stereocenters. The number of aryl methyl sites for hydroxylation is 2. The Morgan fingerprint density at radius 2 is 1.71 bits per heavy atom. The summed E-state index contributed by atoms with van der Waals surface area (Å²) in [5.74, 6) is -2.02. The highest BCUT2D eigenvalue weighted by Gasteiger charge is 2.21. The Labute approximate surface area is 151 Å². The molecule has 0 saturated carbocycles. The third kappa shape index (κ3) is 4.78. The second-order valence-corrected chi connectivity index (χ2v) is 6.75. The molecule has 1 nitrogen and oxygen atoms in total. The van der Waals surface area contributed by atoms with E-state index in [0.29, 0.717) is 11.6 Å². The van der Waals surface area contributed by atoms with Gasteiger partial charge in [0.15, 0.2) is 5.78 Å². The first-order chi connectivity index (χ1) is 11.3. The zero-order valence-electron chi connectivity index (χ0n) is 12.8. The minimum atomic E-state index is -2.36. The van der Waals surface area contributed by atoms with Gasteiger partial charge < -0.3 is 0 Å². The minimum Gasteiger partial charge on any atom is -0.293 e. The van der Waals surface area contributed by atoms with E-state index in [1.54, 1.807) is 25.1 Å². The van der Waals surface area contributed by atoms with Crippen LogP contribution in [0, 0.1) is 18.6 Å². The number of benzene rings is 2.